The van der Waals surface area contributed by atoms with E-state index in [0.29, 0.717) is 29.3 Å². The van der Waals surface area contributed by atoms with Gasteiger partial charge < -0.3 is 4.74 Å². The number of pyridine rings is 1. The van der Waals surface area contributed by atoms with Crippen molar-refractivity contribution in [3.05, 3.63) is 113 Å². The molecule has 1 aromatic heterocycles. The smallest absolute Gasteiger partial charge is 0.417 e. The number of sulfonamides is 1. The van der Waals surface area contributed by atoms with Crippen molar-refractivity contribution in [2.75, 3.05) is 4.31 Å². The van der Waals surface area contributed by atoms with Crippen LogP contribution in [-0.2, 0) is 22.7 Å². The second kappa shape index (κ2) is 9.97. The third kappa shape index (κ3) is 5.75. The summed E-state index contributed by atoms with van der Waals surface area (Å²) in [7, 11) is -4.21. The average Bonchev–Trinajstić information content (AvgIpc) is 2.84. The molecular formula is C25H18ClF3N2O3S. The Bertz CT molecular complexity index is 1400. The van der Waals surface area contributed by atoms with E-state index < -0.39 is 26.8 Å². The van der Waals surface area contributed by atoms with Crippen molar-refractivity contribution in [3.63, 3.8) is 0 Å². The van der Waals surface area contributed by atoms with Crippen LogP contribution < -0.4 is 9.04 Å². The molecule has 1 heterocycles. The number of hydrogen-bond donors (Lipinski definition) is 0. The maximum Gasteiger partial charge on any atom is 0.417 e. The standard InChI is InChI=1S/C25H18ClF3N2O3S/c26-23-15-19(25(27,28)29)16-30-24(23)31(35(32,33)22-9-5-2-6-10-22)17-18-11-13-21(14-12-18)34-20-7-3-1-4-8-20/h1-16H,17H2. The van der Waals surface area contributed by atoms with Gasteiger partial charge >= 0.3 is 6.18 Å². The highest BCUT2D eigenvalue weighted by Crippen LogP contribution is 2.36. The molecule has 0 bridgehead atoms. The monoisotopic (exact) mass is 518 g/mol. The molecule has 0 radical (unpaired) electrons. The Hall–Kier alpha value is -3.56. The van der Waals surface area contributed by atoms with Crippen LogP contribution in [0.25, 0.3) is 0 Å². The Labute approximate surface area is 205 Å². The first-order chi connectivity index (χ1) is 16.6. The summed E-state index contributed by atoms with van der Waals surface area (Å²) in [6.45, 7) is -0.221. The predicted octanol–water partition coefficient (Wildman–Crippen LogP) is 6.94. The molecule has 180 valence electrons. The van der Waals surface area contributed by atoms with E-state index in [2.05, 4.69) is 4.98 Å². The van der Waals surface area contributed by atoms with Gasteiger partial charge in [-0.05, 0) is 48.0 Å². The van der Waals surface area contributed by atoms with Gasteiger partial charge in [-0.2, -0.15) is 13.2 Å². The normalized spacial score (nSPS) is 11.8. The van der Waals surface area contributed by atoms with Crippen LogP contribution in [0.5, 0.6) is 11.5 Å². The number of para-hydroxylation sites is 1. The summed E-state index contributed by atoms with van der Waals surface area (Å²) in [6.07, 6.45) is -4.11. The Kier molecular flexibility index (Phi) is 7.00. The van der Waals surface area contributed by atoms with Crippen LogP contribution in [0, 0.1) is 0 Å². The second-order valence-electron chi connectivity index (χ2n) is 7.41. The van der Waals surface area contributed by atoms with Crippen LogP contribution in [0.4, 0.5) is 19.0 Å². The topological polar surface area (TPSA) is 59.5 Å². The van der Waals surface area contributed by atoms with Crippen molar-refractivity contribution >= 4 is 27.4 Å². The van der Waals surface area contributed by atoms with Gasteiger partial charge in [-0.25, -0.2) is 17.7 Å². The number of anilines is 1. The van der Waals surface area contributed by atoms with Gasteiger partial charge in [0.25, 0.3) is 10.0 Å². The zero-order valence-electron chi connectivity index (χ0n) is 18.0. The quantitative estimate of drug-likeness (QED) is 0.266. The van der Waals surface area contributed by atoms with Gasteiger partial charge in [0.1, 0.15) is 11.5 Å². The first kappa shape index (κ1) is 24.6. The molecule has 35 heavy (non-hydrogen) atoms. The molecule has 0 aliphatic carbocycles. The molecule has 0 saturated heterocycles. The van der Waals surface area contributed by atoms with E-state index in [1.807, 2.05) is 18.2 Å². The highest BCUT2D eigenvalue weighted by molar-refractivity contribution is 7.92. The van der Waals surface area contributed by atoms with Crippen LogP contribution in [0.2, 0.25) is 5.02 Å². The number of nitrogens with zero attached hydrogens (tertiary/aromatic N) is 2. The largest absolute Gasteiger partial charge is 0.457 e. The molecule has 0 aliphatic heterocycles. The summed E-state index contributed by atoms with van der Waals surface area (Å²) >= 11 is 6.12. The Morgan fingerprint density at radius 1 is 0.857 bits per heavy atom. The molecule has 4 aromatic rings. The molecule has 0 unspecified atom stereocenters. The first-order valence-electron chi connectivity index (χ1n) is 10.3. The van der Waals surface area contributed by atoms with Crippen molar-refractivity contribution < 1.29 is 26.3 Å². The minimum absolute atomic E-state index is 0.0539. The minimum atomic E-state index is -4.67. The molecule has 0 N–H and O–H groups in total. The maximum absolute atomic E-state index is 13.5. The van der Waals surface area contributed by atoms with Gasteiger partial charge in [0.2, 0.25) is 0 Å². The van der Waals surface area contributed by atoms with E-state index in [1.54, 1.807) is 54.6 Å². The lowest BCUT2D eigenvalue weighted by molar-refractivity contribution is -0.137. The van der Waals surface area contributed by atoms with E-state index >= 15 is 0 Å². The molecule has 0 atom stereocenters. The third-order valence-corrected chi connectivity index (χ3v) is 6.97. The van der Waals surface area contributed by atoms with E-state index in [9.17, 15) is 21.6 Å². The molecular weight excluding hydrogens is 501 g/mol. The average molecular weight is 519 g/mol. The number of halogens is 4. The molecule has 0 saturated carbocycles. The van der Waals surface area contributed by atoms with Crippen LogP contribution in [-0.4, -0.2) is 13.4 Å². The number of hydrogen-bond acceptors (Lipinski definition) is 4. The molecule has 0 aliphatic rings. The predicted molar refractivity (Wildman–Crippen MR) is 127 cm³/mol. The molecule has 0 fully saturated rings. The zero-order chi connectivity index (χ0) is 25.1. The number of ether oxygens (including phenoxy) is 1. The minimum Gasteiger partial charge on any atom is -0.457 e. The summed E-state index contributed by atoms with van der Waals surface area (Å²) in [5.74, 6) is 0.852. The zero-order valence-corrected chi connectivity index (χ0v) is 19.6. The van der Waals surface area contributed by atoms with Gasteiger partial charge in [-0.15, -0.1) is 0 Å². The van der Waals surface area contributed by atoms with Gasteiger partial charge in [-0.3, -0.25) is 0 Å². The van der Waals surface area contributed by atoms with E-state index in [1.165, 1.54) is 12.1 Å². The third-order valence-electron chi connectivity index (χ3n) is 4.94. The molecule has 0 amide bonds. The van der Waals surface area contributed by atoms with Gasteiger partial charge in [0.05, 0.1) is 22.0 Å². The molecule has 5 nitrogen and oxygen atoms in total. The fraction of sp³-hybridized carbons (Fsp3) is 0.0800. The van der Waals surface area contributed by atoms with Crippen molar-refractivity contribution in [1.82, 2.24) is 4.98 Å². The first-order valence-corrected chi connectivity index (χ1v) is 12.1. The lowest BCUT2D eigenvalue weighted by Crippen LogP contribution is -2.31. The summed E-state index contributed by atoms with van der Waals surface area (Å²) in [5.41, 5.74) is -0.534. The molecule has 3 aromatic carbocycles. The molecule has 4 rings (SSSR count). The highest BCUT2D eigenvalue weighted by atomic mass is 35.5. The number of aromatic nitrogens is 1. The number of alkyl halides is 3. The van der Waals surface area contributed by atoms with Crippen LogP contribution >= 0.6 is 11.6 Å². The summed E-state index contributed by atoms with van der Waals surface area (Å²) < 4.78 is 72.9. The lowest BCUT2D eigenvalue weighted by Gasteiger charge is -2.25. The lowest BCUT2D eigenvalue weighted by atomic mass is 10.2. The van der Waals surface area contributed by atoms with E-state index in [0.717, 1.165) is 4.31 Å². The van der Waals surface area contributed by atoms with Gasteiger partial charge in [-0.1, -0.05) is 60.1 Å². The molecule has 10 heteroatoms. The summed E-state index contributed by atoms with van der Waals surface area (Å²) in [5, 5.41) is -0.441. The second-order valence-corrected chi connectivity index (χ2v) is 9.68. The summed E-state index contributed by atoms with van der Waals surface area (Å²) in [6, 6.07) is 23.9. The van der Waals surface area contributed by atoms with E-state index in [4.69, 9.17) is 16.3 Å². The number of benzene rings is 3. The Morgan fingerprint density at radius 2 is 1.43 bits per heavy atom. The fourth-order valence-electron chi connectivity index (χ4n) is 3.22. The summed E-state index contributed by atoms with van der Waals surface area (Å²) in [4.78, 5) is 3.72. The fourth-order valence-corrected chi connectivity index (χ4v) is 4.98. The van der Waals surface area contributed by atoms with Gasteiger partial charge in [0, 0.05) is 6.20 Å². The van der Waals surface area contributed by atoms with Crippen molar-refractivity contribution in [2.45, 2.75) is 17.6 Å². The van der Waals surface area contributed by atoms with Crippen molar-refractivity contribution in [1.29, 1.82) is 0 Å². The highest BCUT2D eigenvalue weighted by Gasteiger charge is 2.34. The van der Waals surface area contributed by atoms with Crippen LogP contribution in [0.1, 0.15) is 11.1 Å². The van der Waals surface area contributed by atoms with Crippen molar-refractivity contribution in [3.8, 4) is 11.5 Å². The molecule has 0 spiro atoms. The van der Waals surface area contributed by atoms with E-state index in [-0.39, 0.29) is 17.3 Å². The SMILES string of the molecule is O=S(=O)(c1ccccc1)N(Cc1ccc(Oc2ccccc2)cc1)c1ncc(C(F)(F)F)cc1Cl. The Morgan fingerprint density at radius 3 is 2.00 bits per heavy atom. The van der Waals surface area contributed by atoms with Crippen LogP contribution in [0.3, 0.4) is 0 Å². The maximum atomic E-state index is 13.5. The Balaban J connectivity index is 1.69. The van der Waals surface area contributed by atoms with Crippen molar-refractivity contribution in [2.24, 2.45) is 0 Å². The van der Waals surface area contributed by atoms with Crippen LogP contribution in [0.15, 0.2) is 102 Å². The van der Waals surface area contributed by atoms with Gasteiger partial charge in [0.15, 0.2) is 5.82 Å². The number of rotatable bonds is 7.